The fourth-order valence-electron chi connectivity index (χ4n) is 2.90. The first kappa shape index (κ1) is 13.3. The second kappa shape index (κ2) is 4.52. The zero-order chi connectivity index (χ0) is 12.7. The maximum Gasteiger partial charge on any atom is 0.100 e. The molecular formula is C14H28N2O. The third-order valence-electron chi connectivity index (χ3n) is 4.38. The highest BCUT2D eigenvalue weighted by molar-refractivity contribution is 4.96. The van der Waals surface area contributed by atoms with Crippen LogP contribution in [-0.2, 0) is 4.74 Å². The van der Waals surface area contributed by atoms with Crippen LogP contribution in [0.3, 0.4) is 0 Å². The van der Waals surface area contributed by atoms with Crippen LogP contribution in [0.25, 0.3) is 0 Å². The summed E-state index contributed by atoms with van der Waals surface area (Å²) in [5.74, 6) is 0. The lowest BCUT2D eigenvalue weighted by molar-refractivity contribution is -0.0549. The van der Waals surface area contributed by atoms with Gasteiger partial charge in [-0.3, -0.25) is 9.80 Å². The van der Waals surface area contributed by atoms with Crippen LogP contribution in [0.2, 0.25) is 0 Å². The Morgan fingerprint density at radius 3 is 2.12 bits per heavy atom. The average molecular weight is 240 g/mol. The summed E-state index contributed by atoms with van der Waals surface area (Å²) in [5, 5.41) is 0. The molecule has 2 aliphatic heterocycles. The van der Waals surface area contributed by atoms with Gasteiger partial charge in [-0.1, -0.05) is 0 Å². The van der Waals surface area contributed by atoms with Gasteiger partial charge in [0, 0.05) is 31.2 Å². The Hall–Kier alpha value is -0.120. The SMILES string of the molecule is CC(C)N1COC2(CCN(C(C)(C)C)CC2)C1. The molecule has 0 aromatic heterocycles. The number of rotatable bonds is 1. The van der Waals surface area contributed by atoms with Crippen molar-refractivity contribution < 1.29 is 4.74 Å². The van der Waals surface area contributed by atoms with Crippen molar-refractivity contribution in [2.75, 3.05) is 26.4 Å². The van der Waals surface area contributed by atoms with Crippen LogP contribution in [0.1, 0.15) is 47.5 Å². The first-order valence-electron chi connectivity index (χ1n) is 6.95. The predicted octanol–water partition coefficient (Wildman–Crippen LogP) is 2.32. The largest absolute Gasteiger partial charge is 0.358 e. The van der Waals surface area contributed by atoms with Gasteiger partial charge in [0.15, 0.2) is 0 Å². The summed E-state index contributed by atoms with van der Waals surface area (Å²) in [6.07, 6.45) is 2.38. The van der Waals surface area contributed by atoms with E-state index in [4.69, 9.17) is 4.74 Å². The van der Waals surface area contributed by atoms with Crippen molar-refractivity contribution in [2.24, 2.45) is 0 Å². The number of ether oxygens (including phenoxy) is 1. The quantitative estimate of drug-likeness (QED) is 0.699. The molecule has 2 aliphatic rings. The van der Waals surface area contributed by atoms with Crippen molar-refractivity contribution in [1.82, 2.24) is 9.80 Å². The molecule has 17 heavy (non-hydrogen) atoms. The van der Waals surface area contributed by atoms with Crippen LogP contribution < -0.4 is 0 Å². The Labute approximate surface area is 106 Å². The molecule has 1 spiro atoms. The van der Waals surface area contributed by atoms with Gasteiger partial charge in [0.2, 0.25) is 0 Å². The van der Waals surface area contributed by atoms with Crippen molar-refractivity contribution in [2.45, 2.75) is 64.6 Å². The Balaban J connectivity index is 1.91. The Morgan fingerprint density at radius 2 is 1.71 bits per heavy atom. The van der Waals surface area contributed by atoms with E-state index < -0.39 is 0 Å². The van der Waals surface area contributed by atoms with Crippen LogP contribution >= 0.6 is 0 Å². The molecule has 0 radical (unpaired) electrons. The van der Waals surface area contributed by atoms with Gasteiger partial charge in [-0.2, -0.15) is 0 Å². The third-order valence-corrected chi connectivity index (χ3v) is 4.38. The highest BCUT2D eigenvalue weighted by atomic mass is 16.5. The molecule has 2 fully saturated rings. The van der Waals surface area contributed by atoms with Crippen molar-refractivity contribution in [3.05, 3.63) is 0 Å². The van der Waals surface area contributed by atoms with Gasteiger partial charge in [-0.25, -0.2) is 0 Å². The van der Waals surface area contributed by atoms with E-state index in [1.54, 1.807) is 0 Å². The third kappa shape index (κ3) is 2.83. The lowest BCUT2D eigenvalue weighted by Gasteiger charge is -2.44. The van der Waals surface area contributed by atoms with Crippen molar-refractivity contribution in [1.29, 1.82) is 0 Å². The van der Waals surface area contributed by atoms with Crippen molar-refractivity contribution in [3.63, 3.8) is 0 Å². The highest BCUT2D eigenvalue weighted by Crippen LogP contribution is 2.34. The Morgan fingerprint density at radius 1 is 1.12 bits per heavy atom. The van der Waals surface area contributed by atoms with Gasteiger partial charge in [0.05, 0.1) is 5.60 Å². The predicted molar refractivity (Wildman–Crippen MR) is 71.1 cm³/mol. The molecule has 2 rings (SSSR count). The monoisotopic (exact) mass is 240 g/mol. The second-order valence-corrected chi connectivity index (χ2v) is 6.95. The Bertz CT molecular complexity index is 262. The van der Waals surface area contributed by atoms with Crippen LogP contribution in [0, 0.1) is 0 Å². The molecule has 0 N–H and O–H groups in total. The molecule has 100 valence electrons. The van der Waals surface area contributed by atoms with E-state index >= 15 is 0 Å². The van der Waals surface area contributed by atoms with E-state index in [0.717, 1.165) is 13.3 Å². The van der Waals surface area contributed by atoms with Gasteiger partial charge < -0.3 is 4.74 Å². The number of likely N-dealkylation sites (tertiary alicyclic amines) is 1. The molecule has 3 nitrogen and oxygen atoms in total. The summed E-state index contributed by atoms with van der Waals surface area (Å²) in [7, 11) is 0. The summed E-state index contributed by atoms with van der Waals surface area (Å²) in [5.41, 5.74) is 0.462. The summed E-state index contributed by atoms with van der Waals surface area (Å²) >= 11 is 0. The maximum atomic E-state index is 6.12. The molecule has 2 saturated heterocycles. The summed E-state index contributed by atoms with van der Waals surface area (Å²) < 4.78 is 6.12. The molecule has 0 aromatic rings. The molecule has 0 aliphatic carbocycles. The van der Waals surface area contributed by atoms with E-state index in [1.165, 1.54) is 25.9 Å². The minimum atomic E-state index is 0.159. The summed E-state index contributed by atoms with van der Waals surface area (Å²) in [6.45, 7) is 15.7. The van der Waals surface area contributed by atoms with Gasteiger partial charge >= 0.3 is 0 Å². The number of hydrogen-bond acceptors (Lipinski definition) is 3. The summed E-state index contributed by atoms with van der Waals surface area (Å²) in [6, 6.07) is 0.607. The first-order valence-corrected chi connectivity index (χ1v) is 6.95. The van der Waals surface area contributed by atoms with Gasteiger partial charge in [0.25, 0.3) is 0 Å². The minimum Gasteiger partial charge on any atom is -0.358 e. The fraction of sp³-hybridized carbons (Fsp3) is 1.00. The van der Waals surface area contributed by atoms with Crippen molar-refractivity contribution in [3.8, 4) is 0 Å². The topological polar surface area (TPSA) is 15.7 Å². The zero-order valence-electron chi connectivity index (χ0n) is 12.1. The number of piperidine rings is 1. The number of hydrogen-bond donors (Lipinski definition) is 0. The first-order chi connectivity index (χ1) is 7.82. The van der Waals surface area contributed by atoms with Gasteiger partial charge in [0.1, 0.15) is 6.73 Å². The number of nitrogens with zero attached hydrogens (tertiary/aromatic N) is 2. The van der Waals surface area contributed by atoms with Crippen LogP contribution in [-0.4, -0.2) is 53.3 Å². The zero-order valence-corrected chi connectivity index (χ0v) is 12.1. The normalized spacial score (nSPS) is 27.2. The van der Waals surface area contributed by atoms with E-state index in [2.05, 4.69) is 44.4 Å². The van der Waals surface area contributed by atoms with Gasteiger partial charge in [-0.15, -0.1) is 0 Å². The van der Waals surface area contributed by atoms with Crippen LogP contribution in [0.15, 0.2) is 0 Å². The van der Waals surface area contributed by atoms with Crippen LogP contribution in [0.4, 0.5) is 0 Å². The van der Waals surface area contributed by atoms with Crippen LogP contribution in [0.5, 0.6) is 0 Å². The molecule has 0 bridgehead atoms. The second-order valence-electron chi connectivity index (χ2n) is 6.95. The Kier molecular flexibility index (Phi) is 3.54. The highest BCUT2D eigenvalue weighted by Gasteiger charge is 2.43. The van der Waals surface area contributed by atoms with E-state index in [-0.39, 0.29) is 5.60 Å². The van der Waals surface area contributed by atoms with Crippen molar-refractivity contribution >= 4 is 0 Å². The molecule has 0 saturated carbocycles. The minimum absolute atomic E-state index is 0.159. The molecule has 0 aromatic carbocycles. The van der Waals surface area contributed by atoms with E-state index in [0.29, 0.717) is 11.6 Å². The maximum absolute atomic E-state index is 6.12. The van der Waals surface area contributed by atoms with E-state index in [9.17, 15) is 0 Å². The molecule has 0 atom stereocenters. The fourth-order valence-corrected chi connectivity index (χ4v) is 2.90. The molecule has 3 heteroatoms. The molecule has 0 unspecified atom stereocenters. The molecular weight excluding hydrogens is 212 g/mol. The average Bonchev–Trinajstić information content (AvgIpc) is 2.62. The molecule has 0 amide bonds. The molecule has 2 heterocycles. The standard InChI is InChI=1S/C14H28N2O/c1-12(2)15-10-14(17-11-15)6-8-16(9-7-14)13(3,4)5/h12H,6-11H2,1-5H3. The van der Waals surface area contributed by atoms with E-state index in [1.807, 2.05) is 0 Å². The summed E-state index contributed by atoms with van der Waals surface area (Å²) in [4.78, 5) is 5.03. The van der Waals surface area contributed by atoms with Gasteiger partial charge in [-0.05, 0) is 47.5 Å². The smallest absolute Gasteiger partial charge is 0.100 e. The lowest BCUT2D eigenvalue weighted by atomic mass is 9.88. The lowest BCUT2D eigenvalue weighted by Crippen LogP contribution is -2.52.